The summed E-state index contributed by atoms with van der Waals surface area (Å²) in [4.78, 5) is 30.8. The van der Waals surface area contributed by atoms with E-state index < -0.39 is 5.97 Å². The SMILES string of the molecule is CCOC(=O)c1nn(CC2CC2)c2c1CN(C(=O)c1cscn1)CC2. The number of carbonyl (C=O) groups is 2. The fourth-order valence-electron chi connectivity index (χ4n) is 3.20. The second-order valence-corrected chi connectivity index (χ2v) is 7.19. The van der Waals surface area contributed by atoms with Gasteiger partial charge in [0, 0.05) is 36.1 Å². The second kappa shape index (κ2) is 6.59. The maximum Gasteiger partial charge on any atom is 0.359 e. The van der Waals surface area contributed by atoms with Gasteiger partial charge in [-0.1, -0.05) is 0 Å². The molecule has 0 bridgehead atoms. The zero-order valence-electron chi connectivity index (χ0n) is 14.1. The van der Waals surface area contributed by atoms with E-state index in [1.807, 2.05) is 4.68 Å². The molecular formula is C17H20N4O3S. The van der Waals surface area contributed by atoms with Crippen molar-refractivity contribution in [2.75, 3.05) is 13.2 Å². The lowest BCUT2D eigenvalue weighted by molar-refractivity contribution is 0.0513. The van der Waals surface area contributed by atoms with Crippen LogP contribution in [0.1, 0.15) is 52.0 Å². The Bertz CT molecular complexity index is 795. The van der Waals surface area contributed by atoms with E-state index in [-0.39, 0.29) is 5.91 Å². The molecule has 1 amide bonds. The third kappa shape index (κ3) is 3.18. The quantitative estimate of drug-likeness (QED) is 0.764. The van der Waals surface area contributed by atoms with E-state index in [1.54, 1.807) is 22.7 Å². The smallest absolute Gasteiger partial charge is 0.359 e. The lowest BCUT2D eigenvalue weighted by Gasteiger charge is -2.27. The molecule has 7 nitrogen and oxygen atoms in total. The molecule has 0 saturated heterocycles. The van der Waals surface area contributed by atoms with Crippen molar-refractivity contribution < 1.29 is 14.3 Å². The average molecular weight is 360 g/mol. The highest BCUT2D eigenvalue weighted by molar-refractivity contribution is 7.07. The Morgan fingerprint density at radius 3 is 2.92 bits per heavy atom. The van der Waals surface area contributed by atoms with E-state index in [0.29, 0.717) is 43.4 Å². The summed E-state index contributed by atoms with van der Waals surface area (Å²) in [6.07, 6.45) is 3.14. The van der Waals surface area contributed by atoms with Crippen molar-refractivity contribution in [1.82, 2.24) is 19.7 Å². The van der Waals surface area contributed by atoms with E-state index in [9.17, 15) is 9.59 Å². The number of hydrogen-bond acceptors (Lipinski definition) is 6. The number of amides is 1. The van der Waals surface area contributed by atoms with Crippen molar-refractivity contribution in [1.29, 1.82) is 0 Å². The Morgan fingerprint density at radius 2 is 2.24 bits per heavy atom. The first-order chi connectivity index (χ1) is 12.2. The molecule has 1 aliphatic carbocycles. The van der Waals surface area contributed by atoms with Gasteiger partial charge in [-0.15, -0.1) is 11.3 Å². The van der Waals surface area contributed by atoms with Gasteiger partial charge in [0.15, 0.2) is 5.69 Å². The molecule has 1 aliphatic heterocycles. The highest BCUT2D eigenvalue weighted by Crippen LogP contribution is 2.33. The molecule has 132 valence electrons. The van der Waals surface area contributed by atoms with Gasteiger partial charge in [0.05, 0.1) is 18.7 Å². The molecule has 25 heavy (non-hydrogen) atoms. The normalized spacial score (nSPS) is 16.6. The highest BCUT2D eigenvalue weighted by Gasteiger charge is 2.33. The Balaban J connectivity index is 1.63. The van der Waals surface area contributed by atoms with Crippen LogP contribution in [0, 0.1) is 5.92 Å². The van der Waals surface area contributed by atoms with E-state index in [0.717, 1.165) is 17.8 Å². The molecule has 0 N–H and O–H groups in total. The number of hydrogen-bond donors (Lipinski definition) is 0. The van der Waals surface area contributed by atoms with Gasteiger partial charge in [0.2, 0.25) is 0 Å². The Hall–Kier alpha value is -2.22. The summed E-state index contributed by atoms with van der Waals surface area (Å²) in [7, 11) is 0. The molecular weight excluding hydrogens is 340 g/mol. The van der Waals surface area contributed by atoms with Gasteiger partial charge in [-0.2, -0.15) is 5.10 Å². The number of aromatic nitrogens is 3. The van der Waals surface area contributed by atoms with Gasteiger partial charge in [-0.05, 0) is 25.7 Å². The minimum Gasteiger partial charge on any atom is -0.461 e. The predicted octanol–water partition coefficient (Wildman–Crippen LogP) is 2.12. The molecule has 2 aromatic rings. The van der Waals surface area contributed by atoms with Crippen LogP contribution in [0.2, 0.25) is 0 Å². The molecule has 2 aliphatic rings. The molecule has 8 heteroatoms. The molecule has 0 atom stereocenters. The number of fused-ring (bicyclic) bond motifs is 1. The molecule has 0 radical (unpaired) electrons. The fraction of sp³-hybridized carbons (Fsp3) is 0.529. The summed E-state index contributed by atoms with van der Waals surface area (Å²) < 4.78 is 7.13. The number of rotatable bonds is 5. The Kier molecular flexibility index (Phi) is 4.29. The van der Waals surface area contributed by atoms with Gasteiger partial charge in [0.1, 0.15) is 5.69 Å². The monoisotopic (exact) mass is 360 g/mol. The molecule has 1 saturated carbocycles. The summed E-state index contributed by atoms with van der Waals surface area (Å²) in [5.74, 6) is 0.154. The van der Waals surface area contributed by atoms with E-state index in [1.165, 1.54) is 24.2 Å². The van der Waals surface area contributed by atoms with Crippen LogP contribution in [0.3, 0.4) is 0 Å². The number of nitrogens with zero attached hydrogens (tertiary/aromatic N) is 4. The third-order valence-corrected chi connectivity index (χ3v) is 5.26. The van der Waals surface area contributed by atoms with Crippen LogP contribution in [0.15, 0.2) is 10.9 Å². The summed E-state index contributed by atoms with van der Waals surface area (Å²) in [6, 6.07) is 0. The highest BCUT2D eigenvalue weighted by atomic mass is 32.1. The molecule has 0 unspecified atom stereocenters. The zero-order valence-corrected chi connectivity index (χ0v) is 14.9. The number of thiazole rings is 1. The number of esters is 1. The fourth-order valence-corrected chi connectivity index (χ4v) is 3.73. The number of carbonyl (C=O) groups excluding carboxylic acids is 2. The van der Waals surface area contributed by atoms with Crippen LogP contribution in [0.25, 0.3) is 0 Å². The molecule has 1 fully saturated rings. The van der Waals surface area contributed by atoms with Crippen molar-refractivity contribution in [3.63, 3.8) is 0 Å². The van der Waals surface area contributed by atoms with Crippen LogP contribution >= 0.6 is 11.3 Å². The van der Waals surface area contributed by atoms with Crippen molar-refractivity contribution in [2.45, 2.75) is 39.3 Å². The summed E-state index contributed by atoms with van der Waals surface area (Å²) in [6.45, 7) is 3.93. The number of ether oxygens (including phenoxy) is 1. The summed E-state index contributed by atoms with van der Waals surface area (Å²) in [5, 5.41) is 6.29. The first-order valence-corrected chi connectivity index (χ1v) is 9.54. The predicted molar refractivity (Wildman–Crippen MR) is 91.5 cm³/mol. The molecule has 0 spiro atoms. The van der Waals surface area contributed by atoms with Crippen molar-refractivity contribution >= 4 is 23.2 Å². The lowest BCUT2D eigenvalue weighted by atomic mass is 10.0. The van der Waals surface area contributed by atoms with Gasteiger partial charge in [-0.25, -0.2) is 9.78 Å². The maximum absolute atomic E-state index is 12.6. The van der Waals surface area contributed by atoms with Crippen molar-refractivity contribution in [2.24, 2.45) is 5.92 Å². The van der Waals surface area contributed by atoms with Crippen LogP contribution in [-0.2, 0) is 24.2 Å². The summed E-state index contributed by atoms with van der Waals surface area (Å²) >= 11 is 1.40. The van der Waals surface area contributed by atoms with Crippen LogP contribution < -0.4 is 0 Å². The van der Waals surface area contributed by atoms with Crippen molar-refractivity contribution in [3.8, 4) is 0 Å². The van der Waals surface area contributed by atoms with E-state index >= 15 is 0 Å². The van der Waals surface area contributed by atoms with Crippen LogP contribution in [0.5, 0.6) is 0 Å². The first kappa shape index (κ1) is 16.3. The van der Waals surface area contributed by atoms with Crippen LogP contribution in [0.4, 0.5) is 0 Å². The first-order valence-electron chi connectivity index (χ1n) is 8.60. The zero-order chi connectivity index (χ0) is 17.4. The standard InChI is InChI=1S/C17H20N4O3S/c1-2-24-17(23)15-12-8-20(16(22)13-9-25-10-18-13)6-5-14(12)21(19-15)7-11-3-4-11/h9-11H,2-8H2,1H3. The van der Waals surface area contributed by atoms with Crippen LogP contribution in [-0.4, -0.2) is 44.7 Å². The largest absolute Gasteiger partial charge is 0.461 e. The van der Waals surface area contributed by atoms with Crippen molar-refractivity contribution in [3.05, 3.63) is 33.5 Å². The Labute approximate surface area is 149 Å². The summed E-state index contributed by atoms with van der Waals surface area (Å²) in [5.41, 5.74) is 4.36. The minimum absolute atomic E-state index is 0.100. The minimum atomic E-state index is -0.406. The Morgan fingerprint density at radius 1 is 1.40 bits per heavy atom. The van der Waals surface area contributed by atoms with E-state index in [2.05, 4.69) is 10.1 Å². The van der Waals surface area contributed by atoms with E-state index in [4.69, 9.17) is 4.74 Å². The topological polar surface area (TPSA) is 77.3 Å². The lowest BCUT2D eigenvalue weighted by Crippen LogP contribution is -2.37. The molecule has 2 aromatic heterocycles. The second-order valence-electron chi connectivity index (χ2n) is 6.47. The van der Waals surface area contributed by atoms with Gasteiger partial charge < -0.3 is 9.64 Å². The van der Waals surface area contributed by atoms with Gasteiger partial charge in [-0.3, -0.25) is 9.48 Å². The maximum atomic E-state index is 12.6. The molecule has 4 rings (SSSR count). The average Bonchev–Trinajstić information content (AvgIpc) is 3.13. The molecule has 0 aromatic carbocycles. The molecule has 3 heterocycles. The van der Waals surface area contributed by atoms with Gasteiger partial charge >= 0.3 is 5.97 Å². The van der Waals surface area contributed by atoms with Gasteiger partial charge in [0.25, 0.3) is 5.91 Å². The third-order valence-electron chi connectivity index (χ3n) is 4.67.